The Balaban J connectivity index is 0.895. The predicted molar refractivity (Wildman–Crippen MR) is 220 cm³/mol. The number of nitrogens with one attached hydrogen (secondary N) is 1. The van der Waals surface area contributed by atoms with Crippen LogP contribution < -0.4 is 11.1 Å². The maximum Gasteiger partial charge on any atom is 0.410 e. The number of rotatable bonds is 11. The molecule has 5 aliphatic heterocycles. The number of carbonyl (C=O) groups is 5. The van der Waals surface area contributed by atoms with Crippen LogP contribution >= 0.6 is 11.6 Å². The second-order valence-corrected chi connectivity index (χ2v) is 17.0. The number of nitrogens with two attached hydrogens (primary N) is 1. The fourth-order valence-corrected chi connectivity index (χ4v) is 9.74. The molecular weight excluding hydrogens is 762 g/mol. The van der Waals surface area contributed by atoms with Crippen LogP contribution in [-0.2, 0) is 36.7 Å². The topological polar surface area (TPSA) is 158 Å². The molecule has 314 valence electrons. The lowest BCUT2D eigenvalue weighted by Crippen LogP contribution is -2.52. The highest BCUT2D eigenvalue weighted by molar-refractivity contribution is 6.33. The average molecular weight is 820 g/mol. The number of benzene rings is 2. The van der Waals surface area contributed by atoms with Crippen molar-refractivity contribution < 1.29 is 33.4 Å². The molecular formula is C43H58ClN7O7. The van der Waals surface area contributed by atoms with Crippen LogP contribution in [0.15, 0.2) is 36.4 Å². The van der Waals surface area contributed by atoms with Gasteiger partial charge in [-0.25, -0.2) is 9.59 Å². The molecule has 0 radical (unpaired) electrons. The number of para-hydroxylation sites is 1. The van der Waals surface area contributed by atoms with Gasteiger partial charge in [0, 0.05) is 63.8 Å². The van der Waals surface area contributed by atoms with Crippen LogP contribution in [0.3, 0.4) is 0 Å². The van der Waals surface area contributed by atoms with Gasteiger partial charge >= 0.3 is 18.1 Å². The van der Waals surface area contributed by atoms with E-state index in [0.29, 0.717) is 81.1 Å². The number of hydrogen-bond acceptors (Lipinski definition) is 9. The second-order valence-electron chi connectivity index (χ2n) is 16.6. The molecule has 3 N–H and O–H groups in total. The number of piperidine rings is 3. The Labute approximate surface area is 346 Å². The van der Waals surface area contributed by atoms with Gasteiger partial charge in [0.05, 0.1) is 23.8 Å². The van der Waals surface area contributed by atoms with Crippen LogP contribution in [0.25, 0.3) is 0 Å². The number of esters is 1. The van der Waals surface area contributed by atoms with Crippen LogP contribution in [0.1, 0.15) is 68.1 Å². The van der Waals surface area contributed by atoms with Crippen LogP contribution in [0.4, 0.5) is 21.0 Å². The van der Waals surface area contributed by atoms with Gasteiger partial charge in [0.2, 0.25) is 5.91 Å². The molecule has 2 aromatic carbocycles. The van der Waals surface area contributed by atoms with Crippen molar-refractivity contribution in [2.75, 3.05) is 83.1 Å². The van der Waals surface area contributed by atoms with Crippen molar-refractivity contribution >= 4 is 52.9 Å². The van der Waals surface area contributed by atoms with E-state index in [0.717, 1.165) is 80.5 Å². The van der Waals surface area contributed by atoms with Gasteiger partial charge in [0.15, 0.2) is 6.10 Å². The Morgan fingerprint density at radius 2 is 1.57 bits per heavy atom. The van der Waals surface area contributed by atoms with Gasteiger partial charge in [-0.2, -0.15) is 0 Å². The number of fused-ring (bicyclic) bond motifs is 1. The van der Waals surface area contributed by atoms with E-state index in [-0.39, 0.29) is 49.4 Å². The molecule has 0 saturated carbocycles. The summed E-state index contributed by atoms with van der Waals surface area (Å²) in [6, 6.07) is 11.4. The molecule has 0 bridgehead atoms. The first-order valence-electron chi connectivity index (χ1n) is 21.1. The zero-order chi connectivity index (χ0) is 40.8. The van der Waals surface area contributed by atoms with Crippen molar-refractivity contribution in [1.82, 2.24) is 24.5 Å². The van der Waals surface area contributed by atoms with E-state index in [9.17, 15) is 24.0 Å². The van der Waals surface area contributed by atoms with Crippen molar-refractivity contribution in [3.05, 3.63) is 58.1 Å². The fraction of sp³-hybridized carbons (Fsp3) is 0.605. The number of nitrogen functional groups attached to an aromatic ring is 1. The Morgan fingerprint density at radius 1 is 0.879 bits per heavy atom. The third-order valence-corrected chi connectivity index (χ3v) is 13.3. The first-order chi connectivity index (χ1) is 28.0. The normalized spacial score (nSPS) is 20.7. The third-order valence-electron chi connectivity index (χ3n) is 12.9. The van der Waals surface area contributed by atoms with Crippen molar-refractivity contribution in [2.45, 2.75) is 83.3 Å². The molecule has 7 rings (SSSR count). The van der Waals surface area contributed by atoms with Gasteiger partial charge in [-0.1, -0.05) is 35.9 Å². The highest BCUT2D eigenvalue weighted by Gasteiger charge is 2.37. The summed E-state index contributed by atoms with van der Waals surface area (Å²) in [6.07, 6.45) is 5.74. The van der Waals surface area contributed by atoms with Gasteiger partial charge in [-0.15, -0.1) is 0 Å². The molecule has 5 heterocycles. The minimum absolute atomic E-state index is 0.00995. The zero-order valence-electron chi connectivity index (χ0n) is 33.7. The smallest absolute Gasteiger partial charge is 0.410 e. The summed E-state index contributed by atoms with van der Waals surface area (Å²) in [5.74, 6) is 0.652. The van der Waals surface area contributed by atoms with Crippen molar-refractivity contribution in [3.63, 3.8) is 0 Å². The molecule has 0 spiro atoms. The number of nitrogens with zero attached hydrogens (tertiary/aromatic N) is 5. The largest absolute Gasteiger partial charge is 0.463 e. The molecule has 14 nitrogen and oxygen atoms in total. The Morgan fingerprint density at radius 3 is 2.26 bits per heavy atom. The number of hydrogen-bond donors (Lipinski definition) is 2. The number of anilines is 2. The third kappa shape index (κ3) is 10.2. The van der Waals surface area contributed by atoms with Gasteiger partial charge < -0.3 is 40.1 Å². The lowest BCUT2D eigenvalue weighted by Gasteiger charge is -2.41. The average Bonchev–Trinajstić information content (AvgIpc) is 3.55. The molecule has 0 aliphatic carbocycles. The number of halogens is 1. The minimum Gasteiger partial charge on any atom is -0.463 e. The van der Waals surface area contributed by atoms with Crippen LogP contribution in [0, 0.1) is 18.8 Å². The first-order valence-corrected chi connectivity index (χ1v) is 21.5. The maximum absolute atomic E-state index is 14.2. The standard InChI is InChI=1S/C43H58ClN7O7/c1-29-25-30(26-35(44)40(29)45)27-37(58-43(56)50-20-13-34(14-21-50)51-22-12-33-5-2-3-6-36(33)46-42(51)55)41(54)49-18-10-32(11-19-49)31-8-16-47(17-9-31)28-39(53)57-24-23-48-15-4-7-38(48)52/h2-3,5-6,25-26,31-32,34,37H,4,7-24,27-28,45H2,1H3,(H,46,55)/t37-/m1/s1. The van der Waals surface area contributed by atoms with E-state index in [1.807, 2.05) is 47.1 Å². The lowest BCUT2D eigenvalue weighted by atomic mass is 9.78. The summed E-state index contributed by atoms with van der Waals surface area (Å²) >= 11 is 6.45. The monoisotopic (exact) mass is 819 g/mol. The summed E-state index contributed by atoms with van der Waals surface area (Å²) in [7, 11) is 0. The molecule has 58 heavy (non-hydrogen) atoms. The van der Waals surface area contributed by atoms with Crippen molar-refractivity contribution in [2.24, 2.45) is 11.8 Å². The van der Waals surface area contributed by atoms with Gasteiger partial charge in [0.25, 0.3) is 5.91 Å². The van der Waals surface area contributed by atoms with Crippen molar-refractivity contribution in [1.29, 1.82) is 0 Å². The van der Waals surface area contributed by atoms with Crippen molar-refractivity contribution in [3.8, 4) is 0 Å². The molecule has 5 aliphatic rings. The Hall–Kier alpha value is -4.56. The van der Waals surface area contributed by atoms with Crippen LogP contribution in [-0.4, -0.2) is 139 Å². The zero-order valence-corrected chi connectivity index (χ0v) is 34.4. The van der Waals surface area contributed by atoms with Crippen LogP contribution in [0.5, 0.6) is 0 Å². The van der Waals surface area contributed by atoms with E-state index in [4.69, 9.17) is 26.8 Å². The summed E-state index contributed by atoms with van der Waals surface area (Å²) in [4.78, 5) is 74.7. The van der Waals surface area contributed by atoms with Gasteiger partial charge in [-0.05, 0) is 112 Å². The quantitative estimate of drug-likeness (QED) is 0.237. The predicted octanol–water partition coefficient (Wildman–Crippen LogP) is 4.95. The first kappa shape index (κ1) is 41.6. The van der Waals surface area contributed by atoms with E-state index in [1.54, 1.807) is 15.9 Å². The summed E-state index contributed by atoms with van der Waals surface area (Å²) in [5, 5.41) is 3.44. The maximum atomic E-state index is 14.2. The highest BCUT2D eigenvalue weighted by Crippen LogP contribution is 2.34. The molecule has 1 atom stereocenters. The van der Waals surface area contributed by atoms with E-state index in [1.165, 1.54) is 0 Å². The molecule has 5 amide bonds. The number of aryl methyl sites for hydroxylation is 1. The van der Waals surface area contributed by atoms with Gasteiger partial charge in [-0.3, -0.25) is 19.3 Å². The van der Waals surface area contributed by atoms with E-state index >= 15 is 0 Å². The van der Waals surface area contributed by atoms with E-state index in [2.05, 4.69) is 10.2 Å². The molecule has 4 saturated heterocycles. The highest BCUT2D eigenvalue weighted by atomic mass is 35.5. The summed E-state index contributed by atoms with van der Waals surface area (Å²) in [6.45, 7) is 7.81. The molecule has 2 aromatic rings. The SMILES string of the molecule is Cc1cc(C[C@@H](OC(=O)N2CCC(N3CCc4ccccc4NC3=O)CC2)C(=O)N2CCC(C3CCN(CC(=O)OCCN4CCCC4=O)CC3)CC2)cc(Cl)c1N. The number of carbonyl (C=O) groups excluding carboxylic acids is 5. The fourth-order valence-electron chi connectivity index (χ4n) is 9.45. The number of ether oxygens (including phenoxy) is 2. The Bertz CT molecular complexity index is 1800. The van der Waals surface area contributed by atoms with E-state index < -0.39 is 12.2 Å². The second kappa shape index (κ2) is 19.0. The Kier molecular flexibility index (Phi) is 13.6. The molecule has 4 fully saturated rings. The summed E-state index contributed by atoms with van der Waals surface area (Å²) in [5.41, 5.74) is 10.1. The molecule has 0 unspecified atom stereocenters. The number of likely N-dealkylation sites (tertiary alicyclic amines) is 4. The molecule has 0 aromatic heterocycles. The number of amides is 5. The van der Waals surface area contributed by atoms with Gasteiger partial charge in [0.1, 0.15) is 6.61 Å². The lowest BCUT2D eigenvalue weighted by molar-refractivity contribution is -0.147. The minimum atomic E-state index is -1.03. The summed E-state index contributed by atoms with van der Waals surface area (Å²) < 4.78 is 11.5. The number of urea groups is 1. The molecule has 15 heteroatoms. The van der Waals surface area contributed by atoms with Crippen LogP contribution in [0.2, 0.25) is 5.02 Å².